The van der Waals surface area contributed by atoms with E-state index in [9.17, 15) is 14.9 Å². The lowest BCUT2D eigenvalue weighted by Crippen LogP contribution is -2.37. The number of carbonyl (C=O) groups excluding carboxylic acids is 2. The lowest BCUT2D eigenvalue weighted by molar-refractivity contribution is -0.148. The van der Waals surface area contributed by atoms with E-state index < -0.39 is 17.3 Å². The average molecular weight is 508 g/mol. The van der Waals surface area contributed by atoms with Crippen LogP contribution in [0.2, 0.25) is 0 Å². The van der Waals surface area contributed by atoms with Crippen LogP contribution in [0.1, 0.15) is 46.8 Å². The maximum Gasteiger partial charge on any atom is 0.331 e. The lowest BCUT2D eigenvalue weighted by atomic mass is 9.77. The van der Waals surface area contributed by atoms with Crippen LogP contribution in [-0.4, -0.2) is 57.7 Å². The minimum Gasteiger partial charge on any atom is -0.493 e. The molecule has 0 saturated carbocycles. The molecule has 2 rings (SSSR count). The van der Waals surface area contributed by atoms with Gasteiger partial charge in [0.25, 0.3) is 0 Å². The summed E-state index contributed by atoms with van der Waals surface area (Å²) >= 11 is 0. The van der Waals surface area contributed by atoms with Gasteiger partial charge in [-0.05, 0) is 86.2 Å². The van der Waals surface area contributed by atoms with Crippen LogP contribution in [0.15, 0.2) is 41.5 Å². The number of benzene rings is 2. The molecule has 0 N–H and O–H groups in total. The van der Waals surface area contributed by atoms with Crippen LogP contribution in [-0.2, 0) is 21.4 Å². The van der Waals surface area contributed by atoms with Crippen LogP contribution in [0.3, 0.4) is 0 Å². The summed E-state index contributed by atoms with van der Waals surface area (Å²) in [6.07, 6.45) is 1.59. The van der Waals surface area contributed by atoms with Crippen molar-refractivity contribution in [1.82, 2.24) is 4.90 Å². The molecule has 37 heavy (non-hydrogen) atoms. The van der Waals surface area contributed by atoms with E-state index in [4.69, 9.17) is 19.7 Å². The number of likely N-dealkylation sites (N-methyl/N-ethyl adjacent to an activating group) is 1. The number of azide groups is 1. The summed E-state index contributed by atoms with van der Waals surface area (Å²) in [5, 5.41) is 13.3. The first-order chi connectivity index (χ1) is 17.8. The Bertz CT molecular complexity index is 1200. The SMILES string of the molecule is CCOC(=O)C(C#N)(CCCN(C)CCc1ccc(OC)c(OC)c1)c1ccc(C(=O)N=[N+]=[N-])c(C)c1. The zero-order valence-electron chi connectivity index (χ0n) is 22.0. The van der Waals surface area contributed by atoms with Gasteiger partial charge in [-0.2, -0.15) is 5.26 Å². The van der Waals surface area contributed by atoms with E-state index in [0.717, 1.165) is 18.5 Å². The van der Waals surface area contributed by atoms with E-state index in [1.165, 1.54) is 6.07 Å². The molecule has 0 aliphatic rings. The Hall–Kier alpha value is -4.06. The second-order valence-electron chi connectivity index (χ2n) is 8.61. The largest absolute Gasteiger partial charge is 0.493 e. The Labute approximate surface area is 217 Å². The Kier molecular flexibility index (Phi) is 10.9. The van der Waals surface area contributed by atoms with E-state index in [1.807, 2.05) is 25.2 Å². The number of aryl methyl sites for hydroxylation is 1. The summed E-state index contributed by atoms with van der Waals surface area (Å²) in [7, 11) is 5.19. The van der Waals surface area contributed by atoms with Crippen molar-refractivity contribution in [1.29, 1.82) is 5.26 Å². The number of hydrogen-bond acceptors (Lipinski definition) is 7. The van der Waals surface area contributed by atoms with E-state index in [2.05, 4.69) is 21.0 Å². The van der Waals surface area contributed by atoms with E-state index in [1.54, 1.807) is 40.2 Å². The fourth-order valence-electron chi connectivity index (χ4n) is 4.13. The predicted molar refractivity (Wildman–Crippen MR) is 139 cm³/mol. The van der Waals surface area contributed by atoms with Gasteiger partial charge in [0.1, 0.15) is 0 Å². The van der Waals surface area contributed by atoms with Crippen molar-refractivity contribution in [3.8, 4) is 17.6 Å². The molecule has 0 aromatic heterocycles. The Balaban J connectivity index is 2.14. The molecule has 0 aliphatic heterocycles. The molecule has 2 aromatic carbocycles. The Morgan fingerprint density at radius 2 is 1.86 bits per heavy atom. The molecular weight excluding hydrogens is 474 g/mol. The number of esters is 1. The predicted octanol–water partition coefficient (Wildman–Crippen LogP) is 4.74. The zero-order chi connectivity index (χ0) is 27.4. The van der Waals surface area contributed by atoms with Crippen LogP contribution < -0.4 is 9.47 Å². The number of methoxy groups -OCH3 is 2. The van der Waals surface area contributed by atoms with Gasteiger partial charge in [-0.1, -0.05) is 24.3 Å². The third-order valence-electron chi connectivity index (χ3n) is 6.22. The highest BCUT2D eigenvalue weighted by molar-refractivity contribution is 5.96. The number of carbonyl (C=O) groups is 2. The summed E-state index contributed by atoms with van der Waals surface area (Å²) in [4.78, 5) is 29.7. The molecule has 10 nitrogen and oxygen atoms in total. The first kappa shape index (κ1) is 29.2. The highest BCUT2D eigenvalue weighted by Crippen LogP contribution is 2.33. The smallest absolute Gasteiger partial charge is 0.331 e. The van der Waals surface area contributed by atoms with Gasteiger partial charge in [0.05, 0.1) is 26.9 Å². The van der Waals surface area contributed by atoms with Crippen molar-refractivity contribution in [2.45, 2.75) is 38.5 Å². The van der Waals surface area contributed by atoms with Gasteiger partial charge in [0.2, 0.25) is 5.91 Å². The van der Waals surface area contributed by atoms with Crippen LogP contribution in [0.4, 0.5) is 0 Å². The van der Waals surface area contributed by atoms with Crippen molar-refractivity contribution in [3.05, 3.63) is 69.1 Å². The molecule has 2 aromatic rings. The third-order valence-corrected chi connectivity index (χ3v) is 6.22. The Morgan fingerprint density at radius 3 is 2.46 bits per heavy atom. The van der Waals surface area contributed by atoms with Crippen molar-refractivity contribution < 1.29 is 23.8 Å². The number of amides is 1. The highest BCUT2D eigenvalue weighted by Gasteiger charge is 2.42. The second kappa shape index (κ2) is 13.9. The van der Waals surface area contributed by atoms with Gasteiger partial charge < -0.3 is 19.1 Å². The zero-order valence-corrected chi connectivity index (χ0v) is 22.0. The minimum absolute atomic E-state index is 0.139. The Morgan fingerprint density at radius 1 is 1.14 bits per heavy atom. The molecule has 1 atom stereocenters. The quantitative estimate of drug-likeness (QED) is 0.165. The highest BCUT2D eigenvalue weighted by atomic mass is 16.5. The van der Waals surface area contributed by atoms with Crippen molar-refractivity contribution >= 4 is 11.9 Å². The molecule has 0 bridgehead atoms. The maximum absolute atomic E-state index is 13.0. The third kappa shape index (κ3) is 7.23. The van der Waals surface area contributed by atoms with Crippen molar-refractivity contribution in [2.75, 3.05) is 41.0 Å². The van der Waals surface area contributed by atoms with E-state index in [-0.39, 0.29) is 18.6 Å². The molecule has 0 spiro atoms. The molecule has 0 aliphatic carbocycles. The average Bonchev–Trinajstić information content (AvgIpc) is 2.90. The van der Waals surface area contributed by atoms with Crippen LogP contribution in [0.5, 0.6) is 11.5 Å². The molecule has 1 amide bonds. The maximum atomic E-state index is 13.0. The summed E-state index contributed by atoms with van der Waals surface area (Å²) in [5.74, 6) is 0.00974. The van der Waals surface area contributed by atoms with Crippen molar-refractivity contribution in [2.24, 2.45) is 5.11 Å². The molecule has 0 radical (unpaired) electrons. The fourth-order valence-corrected chi connectivity index (χ4v) is 4.13. The number of rotatable bonds is 13. The fraction of sp³-hybridized carbons (Fsp3) is 0.444. The summed E-state index contributed by atoms with van der Waals surface area (Å²) < 4.78 is 15.9. The summed E-state index contributed by atoms with van der Waals surface area (Å²) in [6.45, 7) is 4.92. The standard InChI is InChI=1S/C27H33N5O5/c1-6-37-26(34)27(18-28,21-9-10-22(19(2)16-21)25(33)30-31-29)13-7-14-32(3)15-12-20-8-11-23(35-4)24(17-20)36-5/h8-11,16-17H,6-7,12-15H2,1-5H3. The van der Waals surface area contributed by atoms with Gasteiger partial charge in [-0.15, -0.1) is 0 Å². The summed E-state index contributed by atoms with van der Waals surface area (Å²) in [5.41, 5.74) is 9.29. The van der Waals surface area contributed by atoms with Crippen LogP contribution in [0.25, 0.3) is 10.4 Å². The normalized spacial score (nSPS) is 12.1. The van der Waals surface area contributed by atoms with Gasteiger partial charge in [0, 0.05) is 17.0 Å². The van der Waals surface area contributed by atoms with Crippen LogP contribution in [0, 0.1) is 18.3 Å². The lowest BCUT2D eigenvalue weighted by Gasteiger charge is -2.27. The van der Waals surface area contributed by atoms with Gasteiger partial charge >= 0.3 is 5.97 Å². The molecule has 10 heteroatoms. The van der Waals surface area contributed by atoms with E-state index in [0.29, 0.717) is 35.6 Å². The first-order valence-electron chi connectivity index (χ1n) is 11.9. The number of nitriles is 1. The van der Waals surface area contributed by atoms with Crippen molar-refractivity contribution in [3.63, 3.8) is 0 Å². The number of ether oxygens (including phenoxy) is 3. The molecule has 0 saturated heterocycles. The van der Waals surface area contributed by atoms with Gasteiger partial charge in [-0.3, -0.25) is 4.79 Å². The topological polar surface area (TPSA) is 138 Å². The second-order valence-corrected chi connectivity index (χ2v) is 8.61. The minimum atomic E-state index is -1.52. The number of nitrogens with zero attached hydrogens (tertiary/aromatic N) is 5. The molecule has 0 fully saturated rings. The molecule has 0 heterocycles. The molecule has 1 unspecified atom stereocenters. The molecule has 196 valence electrons. The first-order valence-corrected chi connectivity index (χ1v) is 11.9. The van der Waals surface area contributed by atoms with Gasteiger partial charge in [-0.25, -0.2) is 4.79 Å². The molecular formula is C27H33N5O5. The van der Waals surface area contributed by atoms with Crippen LogP contribution >= 0.6 is 0 Å². The van der Waals surface area contributed by atoms with E-state index >= 15 is 0 Å². The number of hydrogen-bond donors (Lipinski definition) is 0. The monoisotopic (exact) mass is 507 g/mol. The van der Waals surface area contributed by atoms with Gasteiger partial charge in [0.15, 0.2) is 16.9 Å². The summed E-state index contributed by atoms with van der Waals surface area (Å²) in [6, 6.07) is 12.6.